The van der Waals surface area contributed by atoms with Crippen molar-refractivity contribution >= 4 is 12.1 Å². The van der Waals surface area contributed by atoms with Gasteiger partial charge in [0, 0.05) is 31.4 Å². The summed E-state index contributed by atoms with van der Waals surface area (Å²) in [6.07, 6.45) is 1.62. The van der Waals surface area contributed by atoms with E-state index >= 15 is 0 Å². The molecule has 0 unspecified atom stereocenters. The first kappa shape index (κ1) is 20.1. The van der Waals surface area contributed by atoms with Crippen molar-refractivity contribution in [3.05, 3.63) is 59.7 Å². The minimum Gasteiger partial charge on any atom is -0.479 e. The maximum absolute atomic E-state index is 13.2. The van der Waals surface area contributed by atoms with E-state index in [0.29, 0.717) is 19.4 Å². The van der Waals surface area contributed by atoms with Gasteiger partial charge in [-0.2, -0.15) is 0 Å². The van der Waals surface area contributed by atoms with Crippen LogP contribution in [0.25, 0.3) is 11.1 Å². The molecule has 2 fully saturated rings. The van der Waals surface area contributed by atoms with E-state index in [1.807, 2.05) is 31.2 Å². The predicted octanol–water partition coefficient (Wildman–Crippen LogP) is 4.42. The molecule has 1 N–H and O–H groups in total. The third-order valence-corrected chi connectivity index (χ3v) is 6.84. The Morgan fingerprint density at radius 3 is 2.13 bits per heavy atom. The summed E-state index contributed by atoms with van der Waals surface area (Å²) < 4.78 is 11.4. The first-order chi connectivity index (χ1) is 15.0. The summed E-state index contributed by atoms with van der Waals surface area (Å²) in [5, 5.41) is 10.0. The lowest BCUT2D eigenvalue weighted by molar-refractivity contribution is -0.171. The fourth-order valence-corrected chi connectivity index (χ4v) is 5.19. The number of nitrogens with zero attached hydrogens (tertiary/aromatic N) is 1. The lowest BCUT2D eigenvalue weighted by Gasteiger charge is -2.50. The number of carbonyl (C=O) groups excluding carboxylic acids is 1. The number of fused-ring (bicyclic) bond motifs is 3. The number of ether oxygens (including phenoxy) is 2. The molecule has 0 aliphatic heterocycles. The molecule has 2 aromatic carbocycles. The SMILES string of the molecule is CCOC1CC(C(=O)O)(N(C(=O)OCC2c3ccccc3-c3ccccc32)C2CC2)C1. The van der Waals surface area contributed by atoms with E-state index in [2.05, 4.69) is 24.3 Å². The van der Waals surface area contributed by atoms with Gasteiger partial charge in [-0.1, -0.05) is 48.5 Å². The van der Waals surface area contributed by atoms with Crippen molar-refractivity contribution in [1.29, 1.82) is 0 Å². The van der Waals surface area contributed by atoms with Crippen LogP contribution in [0.15, 0.2) is 48.5 Å². The molecular formula is C25H27NO5. The highest BCUT2D eigenvalue weighted by atomic mass is 16.6. The number of rotatable bonds is 7. The molecule has 0 saturated heterocycles. The number of hydrogen-bond donors (Lipinski definition) is 1. The van der Waals surface area contributed by atoms with Gasteiger partial charge < -0.3 is 14.6 Å². The van der Waals surface area contributed by atoms with E-state index in [9.17, 15) is 14.7 Å². The quantitative estimate of drug-likeness (QED) is 0.716. The fourth-order valence-electron chi connectivity index (χ4n) is 5.19. The smallest absolute Gasteiger partial charge is 0.411 e. The highest BCUT2D eigenvalue weighted by Gasteiger charge is 2.60. The maximum atomic E-state index is 13.2. The molecule has 31 heavy (non-hydrogen) atoms. The van der Waals surface area contributed by atoms with Crippen LogP contribution in [0.1, 0.15) is 49.7 Å². The van der Waals surface area contributed by atoms with Crippen LogP contribution in [0.4, 0.5) is 4.79 Å². The normalized spacial score (nSPS) is 24.1. The molecule has 0 radical (unpaired) electrons. The number of carboxylic acid groups (broad SMARTS) is 1. The third kappa shape index (κ3) is 3.30. The molecule has 0 atom stereocenters. The zero-order valence-corrected chi connectivity index (χ0v) is 17.6. The highest BCUT2D eigenvalue weighted by molar-refractivity contribution is 5.86. The second-order valence-corrected chi connectivity index (χ2v) is 8.73. The topological polar surface area (TPSA) is 76.1 Å². The van der Waals surface area contributed by atoms with Gasteiger partial charge in [0.1, 0.15) is 12.1 Å². The number of amides is 1. The zero-order valence-electron chi connectivity index (χ0n) is 17.6. The first-order valence-corrected chi connectivity index (χ1v) is 11.0. The van der Waals surface area contributed by atoms with Gasteiger partial charge in [-0.05, 0) is 42.0 Å². The molecule has 0 aromatic heterocycles. The van der Waals surface area contributed by atoms with E-state index in [-0.39, 0.29) is 24.7 Å². The number of carbonyl (C=O) groups is 2. The Bertz CT molecular complexity index is 963. The lowest BCUT2D eigenvalue weighted by atomic mass is 9.72. The minimum absolute atomic E-state index is 0.0456. The van der Waals surface area contributed by atoms with Crippen molar-refractivity contribution in [2.75, 3.05) is 13.2 Å². The highest BCUT2D eigenvalue weighted by Crippen LogP contribution is 2.47. The van der Waals surface area contributed by atoms with Gasteiger partial charge in [-0.15, -0.1) is 0 Å². The summed E-state index contributed by atoms with van der Waals surface area (Å²) in [6.45, 7) is 2.63. The molecule has 0 heterocycles. The summed E-state index contributed by atoms with van der Waals surface area (Å²) in [7, 11) is 0. The number of carboxylic acids is 1. The minimum atomic E-state index is -1.22. The largest absolute Gasteiger partial charge is 0.479 e. The number of aliphatic carboxylic acids is 1. The van der Waals surface area contributed by atoms with Crippen molar-refractivity contribution in [3.8, 4) is 11.1 Å². The monoisotopic (exact) mass is 421 g/mol. The van der Waals surface area contributed by atoms with Crippen LogP contribution in [0.5, 0.6) is 0 Å². The van der Waals surface area contributed by atoms with Gasteiger partial charge in [0.25, 0.3) is 0 Å². The summed E-state index contributed by atoms with van der Waals surface area (Å²) in [5.74, 6) is -1.01. The van der Waals surface area contributed by atoms with Gasteiger partial charge in [0.15, 0.2) is 0 Å². The molecule has 0 spiro atoms. The summed E-state index contributed by atoms with van der Waals surface area (Å²) in [5.41, 5.74) is 3.39. The third-order valence-electron chi connectivity index (χ3n) is 6.84. The Morgan fingerprint density at radius 1 is 1.03 bits per heavy atom. The van der Waals surface area contributed by atoms with Gasteiger partial charge >= 0.3 is 12.1 Å². The van der Waals surface area contributed by atoms with Gasteiger partial charge in [0.05, 0.1) is 6.10 Å². The molecule has 6 nitrogen and oxygen atoms in total. The Balaban J connectivity index is 1.36. The molecule has 3 aliphatic carbocycles. The molecule has 5 rings (SSSR count). The van der Waals surface area contributed by atoms with Crippen LogP contribution >= 0.6 is 0 Å². The summed E-state index contributed by atoms with van der Waals surface area (Å²) in [6, 6.07) is 16.3. The lowest BCUT2D eigenvalue weighted by Crippen LogP contribution is -2.67. The van der Waals surface area contributed by atoms with Crippen LogP contribution in [0.2, 0.25) is 0 Å². The van der Waals surface area contributed by atoms with Crippen molar-refractivity contribution in [2.45, 2.75) is 56.2 Å². The van der Waals surface area contributed by atoms with E-state index in [4.69, 9.17) is 9.47 Å². The van der Waals surface area contributed by atoms with Crippen LogP contribution in [-0.2, 0) is 14.3 Å². The molecule has 2 aromatic rings. The van der Waals surface area contributed by atoms with E-state index in [1.54, 1.807) is 0 Å². The number of benzene rings is 2. The van der Waals surface area contributed by atoms with E-state index in [0.717, 1.165) is 24.0 Å². The van der Waals surface area contributed by atoms with Gasteiger partial charge in [-0.3, -0.25) is 4.90 Å². The van der Waals surface area contributed by atoms with E-state index < -0.39 is 17.6 Å². The average molecular weight is 421 g/mol. The first-order valence-electron chi connectivity index (χ1n) is 11.0. The standard InChI is InChI=1S/C25H27NO5/c1-2-30-17-13-25(14-17,23(27)28)26(16-11-12-16)24(29)31-15-22-20-9-5-3-7-18(20)19-8-4-6-10-21(19)22/h3-10,16-17,22H,2,11-15H2,1H3,(H,27,28). The average Bonchev–Trinajstić information content (AvgIpc) is 3.52. The molecule has 3 aliphatic rings. The molecule has 162 valence electrons. The Hall–Kier alpha value is -2.86. The molecule has 6 heteroatoms. The second kappa shape index (κ2) is 7.68. The van der Waals surface area contributed by atoms with Crippen LogP contribution in [0, 0.1) is 0 Å². The van der Waals surface area contributed by atoms with Crippen LogP contribution < -0.4 is 0 Å². The second-order valence-electron chi connectivity index (χ2n) is 8.73. The summed E-state index contributed by atoms with van der Waals surface area (Å²) in [4.78, 5) is 26.9. The van der Waals surface area contributed by atoms with Gasteiger partial charge in [0.2, 0.25) is 0 Å². The van der Waals surface area contributed by atoms with Crippen molar-refractivity contribution in [3.63, 3.8) is 0 Å². The van der Waals surface area contributed by atoms with Crippen molar-refractivity contribution < 1.29 is 24.2 Å². The van der Waals surface area contributed by atoms with Crippen LogP contribution in [-0.4, -0.2) is 53.0 Å². The zero-order chi connectivity index (χ0) is 21.6. The molecular weight excluding hydrogens is 394 g/mol. The fraction of sp³-hybridized carbons (Fsp3) is 0.440. The molecule has 1 amide bonds. The summed E-state index contributed by atoms with van der Waals surface area (Å²) >= 11 is 0. The van der Waals surface area contributed by atoms with E-state index in [1.165, 1.54) is 16.0 Å². The predicted molar refractivity (Wildman–Crippen MR) is 115 cm³/mol. The number of hydrogen-bond acceptors (Lipinski definition) is 4. The van der Waals surface area contributed by atoms with Crippen LogP contribution in [0.3, 0.4) is 0 Å². The Kier molecular flexibility index (Phi) is 4.97. The molecule has 0 bridgehead atoms. The van der Waals surface area contributed by atoms with Crippen molar-refractivity contribution in [1.82, 2.24) is 4.90 Å². The Morgan fingerprint density at radius 2 is 1.61 bits per heavy atom. The maximum Gasteiger partial charge on any atom is 0.411 e. The van der Waals surface area contributed by atoms with Crippen molar-refractivity contribution in [2.24, 2.45) is 0 Å². The van der Waals surface area contributed by atoms with Gasteiger partial charge in [-0.25, -0.2) is 9.59 Å². The Labute approximate surface area is 181 Å². The molecule has 2 saturated carbocycles.